The third kappa shape index (κ3) is 5.14. The Morgan fingerprint density at radius 3 is 2.74 bits per heavy atom. The molecule has 1 aliphatic rings. The standard InChI is InChI=1S/C21H25N3O3/c1-27-21(26)19-13-18(23-20(25)17-10-5-11-22-14-17)15-24(19)12-6-9-16-7-3-2-4-8-16/h2-5,7-8,10-11,14,18-19H,6,9,12-13,15H2,1H3,(H,23,25)/t18-,19-/m0/s1. The number of aryl methyl sites for hydroxylation is 1. The molecule has 1 amide bonds. The van der Waals surface area contributed by atoms with Crippen molar-refractivity contribution in [1.82, 2.24) is 15.2 Å². The first-order valence-electron chi connectivity index (χ1n) is 9.24. The quantitative estimate of drug-likeness (QED) is 0.759. The maximum atomic E-state index is 12.4. The van der Waals surface area contributed by atoms with Crippen LogP contribution in [0.25, 0.3) is 0 Å². The summed E-state index contributed by atoms with van der Waals surface area (Å²) in [5, 5.41) is 3.01. The lowest BCUT2D eigenvalue weighted by Crippen LogP contribution is -2.38. The van der Waals surface area contributed by atoms with Crippen molar-refractivity contribution >= 4 is 11.9 Å². The molecule has 2 aromatic rings. The Morgan fingerprint density at radius 2 is 2.04 bits per heavy atom. The van der Waals surface area contributed by atoms with Crippen molar-refractivity contribution in [2.24, 2.45) is 0 Å². The van der Waals surface area contributed by atoms with Crippen molar-refractivity contribution in [3.63, 3.8) is 0 Å². The van der Waals surface area contributed by atoms with E-state index in [0.717, 1.165) is 19.4 Å². The van der Waals surface area contributed by atoms with Gasteiger partial charge in [0, 0.05) is 25.0 Å². The van der Waals surface area contributed by atoms with Gasteiger partial charge in [0.05, 0.1) is 12.7 Å². The fraction of sp³-hybridized carbons (Fsp3) is 0.381. The van der Waals surface area contributed by atoms with E-state index in [0.29, 0.717) is 18.5 Å². The number of methoxy groups -OCH3 is 1. The summed E-state index contributed by atoms with van der Waals surface area (Å²) in [5.41, 5.74) is 1.81. The number of pyridine rings is 1. The fourth-order valence-electron chi connectivity index (χ4n) is 3.53. The molecule has 27 heavy (non-hydrogen) atoms. The second-order valence-corrected chi connectivity index (χ2v) is 6.77. The van der Waals surface area contributed by atoms with Crippen LogP contribution in [0.15, 0.2) is 54.9 Å². The Kier molecular flexibility index (Phi) is 6.54. The second-order valence-electron chi connectivity index (χ2n) is 6.77. The highest BCUT2D eigenvalue weighted by Gasteiger charge is 2.37. The van der Waals surface area contributed by atoms with E-state index in [1.807, 2.05) is 18.2 Å². The molecule has 1 saturated heterocycles. The van der Waals surface area contributed by atoms with Gasteiger partial charge in [0.1, 0.15) is 6.04 Å². The molecular formula is C21H25N3O3. The lowest BCUT2D eigenvalue weighted by Gasteiger charge is -2.22. The third-order valence-electron chi connectivity index (χ3n) is 4.89. The van der Waals surface area contributed by atoms with Gasteiger partial charge in [0.25, 0.3) is 5.91 Å². The normalized spacial score (nSPS) is 19.6. The van der Waals surface area contributed by atoms with Crippen LogP contribution in [0.4, 0.5) is 0 Å². The molecular weight excluding hydrogens is 342 g/mol. The van der Waals surface area contributed by atoms with Crippen molar-refractivity contribution in [3.05, 3.63) is 66.0 Å². The molecule has 3 rings (SSSR count). The van der Waals surface area contributed by atoms with Crippen molar-refractivity contribution in [2.75, 3.05) is 20.2 Å². The zero-order chi connectivity index (χ0) is 19.1. The van der Waals surface area contributed by atoms with Crippen LogP contribution in [-0.2, 0) is 16.0 Å². The number of benzene rings is 1. The van der Waals surface area contributed by atoms with Crippen molar-refractivity contribution in [3.8, 4) is 0 Å². The largest absolute Gasteiger partial charge is 0.468 e. The number of carbonyl (C=O) groups excluding carboxylic acids is 2. The van der Waals surface area contributed by atoms with Crippen LogP contribution >= 0.6 is 0 Å². The molecule has 1 aromatic carbocycles. The molecule has 0 radical (unpaired) electrons. The highest BCUT2D eigenvalue weighted by Crippen LogP contribution is 2.20. The lowest BCUT2D eigenvalue weighted by atomic mass is 10.1. The monoisotopic (exact) mass is 367 g/mol. The first-order valence-corrected chi connectivity index (χ1v) is 9.24. The van der Waals surface area contributed by atoms with Gasteiger partial charge in [-0.2, -0.15) is 0 Å². The minimum atomic E-state index is -0.315. The van der Waals surface area contributed by atoms with Crippen LogP contribution in [0, 0.1) is 0 Å². The van der Waals surface area contributed by atoms with Gasteiger partial charge in [-0.05, 0) is 43.5 Å². The molecule has 0 aliphatic carbocycles. The fourth-order valence-corrected chi connectivity index (χ4v) is 3.53. The summed E-state index contributed by atoms with van der Waals surface area (Å²) in [4.78, 5) is 30.6. The number of ether oxygens (including phenoxy) is 1. The SMILES string of the molecule is COC(=O)[C@@H]1C[C@H](NC(=O)c2cccnc2)CN1CCCc1ccccc1. The van der Waals surface area contributed by atoms with E-state index in [1.165, 1.54) is 12.7 Å². The summed E-state index contributed by atoms with van der Waals surface area (Å²) in [7, 11) is 1.41. The average molecular weight is 367 g/mol. The van der Waals surface area contributed by atoms with Gasteiger partial charge < -0.3 is 10.1 Å². The van der Waals surface area contributed by atoms with E-state index in [9.17, 15) is 9.59 Å². The van der Waals surface area contributed by atoms with E-state index < -0.39 is 0 Å². The van der Waals surface area contributed by atoms with Crippen molar-refractivity contribution in [2.45, 2.75) is 31.3 Å². The minimum Gasteiger partial charge on any atom is -0.468 e. The molecule has 2 heterocycles. The Bertz CT molecular complexity index is 752. The minimum absolute atomic E-state index is 0.0847. The van der Waals surface area contributed by atoms with Crippen LogP contribution in [-0.4, -0.2) is 54.0 Å². The Morgan fingerprint density at radius 1 is 1.22 bits per heavy atom. The summed E-state index contributed by atoms with van der Waals surface area (Å²) in [6.07, 6.45) is 5.64. The van der Waals surface area contributed by atoms with E-state index in [4.69, 9.17) is 4.74 Å². The third-order valence-corrected chi connectivity index (χ3v) is 4.89. The molecule has 142 valence electrons. The predicted octanol–water partition coefficient (Wildman–Crippen LogP) is 2.06. The zero-order valence-corrected chi connectivity index (χ0v) is 15.5. The number of esters is 1. The number of amides is 1. The molecule has 1 fully saturated rings. The van der Waals surface area contributed by atoms with Gasteiger partial charge >= 0.3 is 5.97 Å². The number of nitrogens with one attached hydrogen (secondary N) is 1. The average Bonchev–Trinajstić information content (AvgIpc) is 3.11. The van der Waals surface area contributed by atoms with E-state index in [1.54, 1.807) is 24.5 Å². The smallest absolute Gasteiger partial charge is 0.323 e. The zero-order valence-electron chi connectivity index (χ0n) is 15.5. The van der Waals surface area contributed by atoms with Gasteiger partial charge in [-0.25, -0.2) is 0 Å². The molecule has 6 heteroatoms. The number of hydrogen-bond donors (Lipinski definition) is 1. The topological polar surface area (TPSA) is 71.5 Å². The molecule has 1 aromatic heterocycles. The highest BCUT2D eigenvalue weighted by atomic mass is 16.5. The van der Waals surface area contributed by atoms with Gasteiger partial charge in [0.2, 0.25) is 0 Å². The number of aromatic nitrogens is 1. The van der Waals surface area contributed by atoms with Gasteiger partial charge in [-0.15, -0.1) is 0 Å². The second kappa shape index (κ2) is 9.28. The molecule has 2 atom stereocenters. The van der Waals surface area contributed by atoms with Crippen molar-refractivity contribution < 1.29 is 14.3 Å². The molecule has 1 aliphatic heterocycles. The highest BCUT2D eigenvalue weighted by molar-refractivity contribution is 5.94. The number of likely N-dealkylation sites (tertiary alicyclic amines) is 1. The van der Waals surface area contributed by atoms with Crippen molar-refractivity contribution in [1.29, 1.82) is 0 Å². The van der Waals surface area contributed by atoms with Gasteiger partial charge in [-0.1, -0.05) is 30.3 Å². The van der Waals surface area contributed by atoms with Gasteiger partial charge in [0.15, 0.2) is 0 Å². The Labute approximate surface area is 159 Å². The summed E-state index contributed by atoms with van der Waals surface area (Å²) in [5.74, 6) is -0.407. The molecule has 1 N–H and O–H groups in total. The van der Waals surface area contributed by atoms with Gasteiger partial charge in [-0.3, -0.25) is 19.5 Å². The van der Waals surface area contributed by atoms with E-state index >= 15 is 0 Å². The molecule has 0 unspecified atom stereocenters. The number of hydrogen-bond acceptors (Lipinski definition) is 5. The summed E-state index contributed by atoms with van der Waals surface area (Å²) in [6.45, 7) is 1.43. The molecule has 6 nitrogen and oxygen atoms in total. The predicted molar refractivity (Wildman–Crippen MR) is 102 cm³/mol. The van der Waals surface area contributed by atoms with Crippen LogP contribution in [0.5, 0.6) is 0 Å². The first kappa shape index (κ1) is 19.0. The summed E-state index contributed by atoms with van der Waals surface area (Å²) >= 11 is 0. The van der Waals surface area contributed by atoms with Crippen LogP contribution < -0.4 is 5.32 Å². The first-order chi connectivity index (χ1) is 13.2. The Balaban J connectivity index is 1.57. The van der Waals surface area contributed by atoms with E-state index in [-0.39, 0.29) is 24.0 Å². The maximum absolute atomic E-state index is 12.4. The number of nitrogens with zero attached hydrogens (tertiary/aromatic N) is 2. The summed E-state index contributed by atoms with van der Waals surface area (Å²) < 4.78 is 4.96. The molecule has 0 saturated carbocycles. The number of carbonyl (C=O) groups is 2. The van der Waals surface area contributed by atoms with Crippen LogP contribution in [0.2, 0.25) is 0 Å². The van der Waals surface area contributed by atoms with Crippen LogP contribution in [0.3, 0.4) is 0 Å². The maximum Gasteiger partial charge on any atom is 0.323 e. The lowest BCUT2D eigenvalue weighted by molar-refractivity contribution is -0.145. The summed E-state index contributed by atoms with van der Waals surface area (Å²) in [6, 6.07) is 13.4. The van der Waals surface area contributed by atoms with E-state index in [2.05, 4.69) is 27.3 Å². The molecule has 0 bridgehead atoms. The van der Waals surface area contributed by atoms with Crippen LogP contribution in [0.1, 0.15) is 28.8 Å². The Hall–Kier alpha value is -2.73. The molecule has 0 spiro atoms. The number of rotatable bonds is 7.